The van der Waals surface area contributed by atoms with E-state index in [1.807, 2.05) is 12.1 Å². The first-order chi connectivity index (χ1) is 10.1. The second kappa shape index (κ2) is 9.23. The van der Waals surface area contributed by atoms with Gasteiger partial charge in [0.05, 0.1) is 13.7 Å². The molecule has 0 fully saturated rings. The van der Waals surface area contributed by atoms with E-state index in [2.05, 4.69) is 13.8 Å². The zero-order valence-electron chi connectivity index (χ0n) is 13.3. The van der Waals surface area contributed by atoms with Crippen LogP contribution in [0.3, 0.4) is 0 Å². The van der Waals surface area contributed by atoms with Crippen LogP contribution in [-0.4, -0.2) is 51.3 Å². The minimum Gasteiger partial charge on any atom is -0.493 e. The molecule has 1 rings (SSSR count). The lowest BCUT2D eigenvalue weighted by molar-refractivity contribution is -0.134. The van der Waals surface area contributed by atoms with E-state index in [9.17, 15) is 4.79 Å². The van der Waals surface area contributed by atoms with Gasteiger partial charge < -0.3 is 19.1 Å². The molecule has 0 aromatic heterocycles. The third kappa shape index (κ3) is 6.04. The third-order valence-electron chi connectivity index (χ3n) is 2.92. The van der Waals surface area contributed by atoms with E-state index in [4.69, 9.17) is 14.2 Å². The van der Waals surface area contributed by atoms with Gasteiger partial charge in [-0.2, -0.15) is 0 Å². The van der Waals surface area contributed by atoms with E-state index >= 15 is 0 Å². The van der Waals surface area contributed by atoms with Gasteiger partial charge in [0, 0.05) is 20.2 Å². The zero-order chi connectivity index (χ0) is 15.7. The molecule has 0 aliphatic heterocycles. The lowest BCUT2D eigenvalue weighted by Crippen LogP contribution is -2.39. The zero-order valence-corrected chi connectivity index (χ0v) is 13.3. The topological polar surface area (TPSA) is 48.0 Å². The monoisotopic (exact) mass is 295 g/mol. The number of ether oxygens (including phenoxy) is 3. The van der Waals surface area contributed by atoms with Crippen LogP contribution in [-0.2, 0) is 9.53 Å². The molecule has 0 saturated carbocycles. The molecule has 118 valence electrons. The van der Waals surface area contributed by atoms with Crippen molar-refractivity contribution in [3.63, 3.8) is 0 Å². The van der Waals surface area contributed by atoms with Gasteiger partial charge in [-0.3, -0.25) is 4.79 Å². The highest BCUT2D eigenvalue weighted by Crippen LogP contribution is 2.25. The minimum absolute atomic E-state index is 0.00317. The lowest BCUT2D eigenvalue weighted by Gasteiger charge is -2.24. The van der Waals surface area contributed by atoms with Crippen molar-refractivity contribution in [1.29, 1.82) is 0 Å². The van der Waals surface area contributed by atoms with Crippen LogP contribution < -0.4 is 9.47 Å². The van der Waals surface area contributed by atoms with Crippen LogP contribution in [0.4, 0.5) is 0 Å². The first-order valence-electron chi connectivity index (χ1n) is 7.11. The summed E-state index contributed by atoms with van der Waals surface area (Å²) in [6.45, 7) is 5.94. The van der Waals surface area contributed by atoms with E-state index in [0.29, 0.717) is 37.1 Å². The van der Waals surface area contributed by atoms with Crippen LogP contribution in [0.15, 0.2) is 24.3 Å². The van der Waals surface area contributed by atoms with Gasteiger partial charge in [0.25, 0.3) is 5.91 Å². The van der Waals surface area contributed by atoms with Crippen molar-refractivity contribution in [2.75, 3.05) is 40.5 Å². The molecule has 0 atom stereocenters. The summed E-state index contributed by atoms with van der Waals surface area (Å²) in [5.41, 5.74) is 0. The number of methoxy groups -OCH3 is 2. The van der Waals surface area contributed by atoms with Gasteiger partial charge in [0.1, 0.15) is 0 Å². The van der Waals surface area contributed by atoms with E-state index in [0.717, 1.165) is 0 Å². The summed E-state index contributed by atoms with van der Waals surface area (Å²) < 4.78 is 15.8. The van der Waals surface area contributed by atoms with Crippen LogP contribution >= 0.6 is 0 Å². The van der Waals surface area contributed by atoms with E-state index in [1.165, 1.54) is 0 Å². The first-order valence-corrected chi connectivity index (χ1v) is 7.11. The molecule has 0 spiro atoms. The molecule has 0 unspecified atom stereocenters. The molecule has 5 nitrogen and oxygen atoms in total. The Morgan fingerprint density at radius 2 is 1.86 bits per heavy atom. The number of nitrogens with zero attached hydrogens (tertiary/aromatic N) is 1. The Balaban J connectivity index is 2.59. The van der Waals surface area contributed by atoms with Crippen molar-refractivity contribution in [2.45, 2.75) is 13.8 Å². The number of rotatable bonds is 9. The standard InChI is InChI=1S/C16H25NO4/c1-13(2)11-17(9-10-19-3)16(18)12-21-15-8-6-5-7-14(15)20-4/h5-8,13H,9-12H2,1-4H3. The normalized spacial score (nSPS) is 10.5. The van der Waals surface area contributed by atoms with E-state index < -0.39 is 0 Å². The van der Waals surface area contributed by atoms with Crippen molar-refractivity contribution in [1.82, 2.24) is 4.90 Å². The molecule has 5 heteroatoms. The highest BCUT2D eigenvalue weighted by atomic mass is 16.5. The maximum atomic E-state index is 12.3. The van der Waals surface area contributed by atoms with Crippen LogP contribution in [0.2, 0.25) is 0 Å². The van der Waals surface area contributed by atoms with Crippen LogP contribution in [0, 0.1) is 5.92 Å². The number of amides is 1. The average molecular weight is 295 g/mol. The summed E-state index contributed by atoms with van der Waals surface area (Å²) in [5, 5.41) is 0. The Labute approximate surface area is 126 Å². The smallest absolute Gasteiger partial charge is 0.260 e. The van der Waals surface area contributed by atoms with Gasteiger partial charge in [-0.1, -0.05) is 26.0 Å². The molecule has 1 amide bonds. The maximum absolute atomic E-state index is 12.3. The fraction of sp³-hybridized carbons (Fsp3) is 0.562. The summed E-state index contributed by atoms with van der Waals surface area (Å²) in [6, 6.07) is 7.29. The van der Waals surface area contributed by atoms with Crippen molar-refractivity contribution < 1.29 is 19.0 Å². The molecule has 0 radical (unpaired) electrons. The van der Waals surface area contributed by atoms with Crippen molar-refractivity contribution >= 4 is 5.91 Å². The molecule has 1 aromatic carbocycles. The Morgan fingerprint density at radius 1 is 1.19 bits per heavy atom. The fourth-order valence-electron chi connectivity index (χ4n) is 1.93. The van der Waals surface area contributed by atoms with E-state index in [-0.39, 0.29) is 12.5 Å². The number of para-hydroxylation sites is 2. The highest BCUT2D eigenvalue weighted by molar-refractivity contribution is 5.77. The van der Waals surface area contributed by atoms with Gasteiger partial charge in [-0.15, -0.1) is 0 Å². The molecule has 0 N–H and O–H groups in total. The Bertz CT molecular complexity index is 434. The lowest BCUT2D eigenvalue weighted by atomic mass is 10.2. The van der Waals surface area contributed by atoms with Crippen molar-refractivity contribution in [3.8, 4) is 11.5 Å². The van der Waals surface area contributed by atoms with Gasteiger partial charge in [0.15, 0.2) is 18.1 Å². The summed E-state index contributed by atoms with van der Waals surface area (Å²) in [5.74, 6) is 1.55. The second-order valence-electron chi connectivity index (χ2n) is 5.17. The minimum atomic E-state index is -0.0494. The molecular formula is C16H25NO4. The summed E-state index contributed by atoms with van der Waals surface area (Å²) >= 11 is 0. The van der Waals surface area contributed by atoms with Crippen LogP contribution in [0.5, 0.6) is 11.5 Å². The molecule has 0 aliphatic carbocycles. The molecular weight excluding hydrogens is 270 g/mol. The molecule has 0 aliphatic rings. The maximum Gasteiger partial charge on any atom is 0.260 e. The highest BCUT2D eigenvalue weighted by Gasteiger charge is 2.16. The first kappa shape index (κ1) is 17.3. The fourth-order valence-corrected chi connectivity index (χ4v) is 1.93. The Hall–Kier alpha value is -1.75. The number of carbonyl (C=O) groups excluding carboxylic acids is 1. The predicted molar refractivity (Wildman–Crippen MR) is 81.8 cm³/mol. The SMILES string of the molecule is COCCN(CC(C)C)C(=O)COc1ccccc1OC. The molecule has 1 aromatic rings. The van der Waals surface area contributed by atoms with Crippen molar-refractivity contribution in [3.05, 3.63) is 24.3 Å². The Kier molecular flexibility index (Phi) is 7.61. The van der Waals surface area contributed by atoms with E-state index in [1.54, 1.807) is 31.3 Å². The van der Waals surface area contributed by atoms with Gasteiger partial charge in [-0.25, -0.2) is 0 Å². The van der Waals surface area contributed by atoms with Crippen LogP contribution in [0.1, 0.15) is 13.8 Å². The summed E-state index contributed by atoms with van der Waals surface area (Å²) in [6.07, 6.45) is 0. The van der Waals surface area contributed by atoms with Gasteiger partial charge in [0.2, 0.25) is 0 Å². The van der Waals surface area contributed by atoms with Crippen molar-refractivity contribution in [2.24, 2.45) is 5.92 Å². The second-order valence-corrected chi connectivity index (χ2v) is 5.17. The molecule has 21 heavy (non-hydrogen) atoms. The largest absolute Gasteiger partial charge is 0.493 e. The summed E-state index contributed by atoms with van der Waals surface area (Å²) in [4.78, 5) is 14.0. The van der Waals surface area contributed by atoms with Gasteiger partial charge >= 0.3 is 0 Å². The molecule has 0 saturated heterocycles. The predicted octanol–water partition coefficient (Wildman–Crippen LogP) is 2.21. The number of hydrogen-bond acceptors (Lipinski definition) is 4. The molecule has 0 bridgehead atoms. The van der Waals surface area contributed by atoms with Gasteiger partial charge in [-0.05, 0) is 18.1 Å². The number of benzene rings is 1. The van der Waals surface area contributed by atoms with Crippen LogP contribution in [0.25, 0.3) is 0 Å². The average Bonchev–Trinajstić information content (AvgIpc) is 2.48. The number of hydrogen-bond donors (Lipinski definition) is 0. The molecule has 0 heterocycles. The quantitative estimate of drug-likeness (QED) is 0.701. The summed E-state index contributed by atoms with van der Waals surface area (Å²) in [7, 11) is 3.21. The Morgan fingerprint density at radius 3 is 2.43 bits per heavy atom. The third-order valence-corrected chi connectivity index (χ3v) is 2.92. The number of carbonyl (C=O) groups is 1.